The topological polar surface area (TPSA) is 3.24 Å². The number of halogens is 1. The van der Waals surface area contributed by atoms with Gasteiger partial charge in [0.1, 0.15) is 6.54 Å². The number of anilines is 1. The Morgan fingerprint density at radius 2 is 1.87 bits per heavy atom. The molecule has 0 saturated carbocycles. The number of fused-ring (bicyclic) bond motifs is 1. The molecular formula is C12H19IN2. The van der Waals surface area contributed by atoms with Crippen LogP contribution in [0.5, 0.6) is 0 Å². The number of hydrogen-bond acceptors (Lipinski definition) is 1. The summed E-state index contributed by atoms with van der Waals surface area (Å²) in [5.41, 5.74) is 2.87. The van der Waals surface area contributed by atoms with Gasteiger partial charge in [-0.15, -0.1) is 0 Å². The van der Waals surface area contributed by atoms with Gasteiger partial charge in [0.25, 0.3) is 0 Å². The van der Waals surface area contributed by atoms with Gasteiger partial charge in [0.05, 0.1) is 27.2 Å². The van der Waals surface area contributed by atoms with Gasteiger partial charge in [-0.2, -0.15) is 0 Å². The van der Waals surface area contributed by atoms with Crippen LogP contribution in [0.2, 0.25) is 0 Å². The summed E-state index contributed by atoms with van der Waals surface area (Å²) in [7, 11) is 6.79. The van der Waals surface area contributed by atoms with Gasteiger partial charge in [-0.3, -0.25) is 0 Å². The van der Waals surface area contributed by atoms with Gasteiger partial charge in [-0.05, 0) is 6.07 Å². The second-order valence-corrected chi connectivity index (χ2v) is 4.87. The zero-order valence-corrected chi connectivity index (χ0v) is 11.9. The number of quaternary nitrogens is 1. The largest absolute Gasteiger partial charge is 1.00 e. The van der Waals surface area contributed by atoms with E-state index in [1.54, 1.807) is 0 Å². The lowest BCUT2D eigenvalue weighted by Gasteiger charge is -2.27. The lowest BCUT2D eigenvalue weighted by atomic mass is 10.1. The highest BCUT2D eigenvalue weighted by Gasteiger charge is 2.23. The van der Waals surface area contributed by atoms with Gasteiger partial charge >= 0.3 is 0 Å². The highest BCUT2D eigenvalue weighted by Crippen LogP contribution is 2.25. The van der Waals surface area contributed by atoms with Gasteiger partial charge < -0.3 is 33.4 Å². The summed E-state index contributed by atoms with van der Waals surface area (Å²) in [5, 5.41) is 0. The van der Waals surface area contributed by atoms with Crippen LogP contribution >= 0.6 is 0 Å². The molecule has 0 radical (unpaired) electrons. The molecule has 0 unspecified atom stereocenters. The Kier molecular flexibility index (Phi) is 4.00. The van der Waals surface area contributed by atoms with Gasteiger partial charge in [0.15, 0.2) is 0 Å². The van der Waals surface area contributed by atoms with Gasteiger partial charge in [0.2, 0.25) is 0 Å². The molecule has 0 fully saturated rings. The Morgan fingerprint density at radius 3 is 2.60 bits per heavy atom. The van der Waals surface area contributed by atoms with E-state index in [0.29, 0.717) is 0 Å². The fraction of sp³-hybridized carbons (Fsp3) is 0.500. The summed E-state index contributed by atoms with van der Waals surface area (Å²) < 4.78 is 1.08. The maximum absolute atomic E-state index is 2.36. The highest BCUT2D eigenvalue weighted by atomic mass is 127. The molecule has 0 bridgehead atoms. The van der Waals surface area contributed by atoms with Crippen molar-refractivity contribution in [2.75, 3.05) is 39.1 Å². The van der Waals surface area contributed by atoms with Crippen LogP contribution in [0.3, 0.4) is 0 Å². The Labute approximate surface area is 109 Å². The van der Waals surface area contributed by atoms with Crippen molar-refractivity contribution in [1.82, 2.24) is 0 Å². The van der Waals surface area contributed by atoms with E-state index >= 15 is 0 Å². The summed E-state index contributed by atoms with van der Waals surface area (Å²) >= 11 is 0. The van der Waals surface area contributed by atoms with Gasteiger partial charge in [-0.1, -0.05) is 18.2 Å². The number of para-hydroxylation sites is 1. The van der Waals surface area contributed by atoms with Crippen LogP contribution in [0.25, 0.3) is 0 Å². The van der Waals surface area contributed by atoms with Crippen molar-refractivity contribution < 1.29 is 28.5 Å². The molecule has 1 aliphatic heterocycles. The Bertz CT molecular complexity index is 336. The van der Waals surface area contributed by atoms with Crippen LogP contribution in [-0.2, 0) is 6.54 Å². The minimum atomic E-state index is 0. The lowest BCUT2D eigenvalue weighted by molar-refractivity contribution is -0.901. The molecule has 0 spiro atoms. The first-order valence-electron chi connectivity index (χ1n) is 5.19. The average Bonchev–Trinajstić information content (AvgIpc) is 2.25. The maximum Gasteiger partial charge on any atom is 0.106 e. The molecule has 84 valence electrons. The minimum Gasteiger partial charge on any atom is -1.00 e. The summed E-state index contributed by atoms with van der Waals surface area (Å²) in [4.78, 5) is 2.36. The Balaban J connectivity index is 0.00000112. The highest BCUT2D eigenvalue weighted by molar-refractivity contribution is 5.53. The van der Waals surface area contributed by atoms with E-state index in [0.717, 1.165) is 17.6 Å². The number of nitrogens with zero attached hydrogens (tertiary/aromatic N) is 2. The molecule has 3 heteroatoms. The molecule has 0 saturated heterocycles. The molecule has 2 nitrogen and oxygen atoms in total. The zero-order chi connectivity index (χ0) is 10.2. The van der Waals surface area contributed by atoms with Crippen molar-refractivity contribution in [3.05, 3.63) is 29.8 Å². The van der Waals surface area contributed by atoms with E-state index in [4.69, 9.17) is 0 Å². The summed E-state index contributed by atoms with van der Waals surface area (Å²) in [5.74, 6) is 0. The van der Waals surface area contributed by atoms with E-state index in [9.17, 15) is 0 Å². The first kappa shape index (κ1) is 12.8. The van der Waals surface area contributed by atoms with E-state index in [2.05, 4.69) is 50.3 Å². The lowest BCUT2D eigenvalue weighted by Crippen LogP contribution is -3.00. The summed E-state index contributed by atoms with van der Waals surface area (Å²) in [6.07, 6.45) is 0. The van der Waals surface area contributed by atoms with Crippen LogP contribution in [0.1, 0.15) is 5.56 Å². The molecule has 0 aromatic heterocycles. The third-order valence-electron chi connectivity index (χ3n) is 3.04. The van der Waals surface area contributed by atoms with E-state index in [1.165, 1.54) is 17.8 Å². The number of rotatable bonds is 0. The van der Waals surface area contributed by atoms with Gasteiger partial charge in [-0.25, -0.2) is 0 Å². The SMILES string of the molecule is CN1CC[N+](C)(C)Cc2ccccc21.[I-]. The number of likely N-dealkylation sites (N-methyl/N-ethyl adjacent to an activating group) is 2. The fourth-order valence-electron chi connectivity index (χ4n) is 2.10. The standard InChI is InChI=1S/C12H19N2.HI/c1-13-8-9-14(2,3)10-11-6-4-5-7-12(11)13;/h4-7H,8-10H2,1-3H3;1H/q+1;/p-1. The molecule has 0 amide bonds. The number of hydrogen-bond donors (Lipinski definition) is 0. The number of benzene rings is 1. The summed E-state index contributed by atoms with van der Waals surface area (Å²) in [6, 6.07) is 8.73. The Hall–Kier alpha value is -0.290. The van der Waals surface area contributed by atoms with Crippen molar-refractivity contribution in [2.45, 2.75) is 6.54 Å². The second kappa shape index (κ2) is 4.70. The molecule has 15 heavy (non-hydrogen) atoms. The van der Waals surface area contributed by atoms with E-state index in [1.807, 2.05) is 0 Å². The minimum absolute atomic E-state index is 0. The van der Waals surface area contributed by atoms with Crippen molar-refractivity contribution >= 4 is 5.69 Å². The van der Waals surface area contributed by atoms with Crippen molar-refractivity contribution in [2.24, 2.45) is 0 Å². The molecule has 0 N–H and O–H groups in total. The molecule has 1 aliphatic rings. The van der Waals surface area contributed by atoms with Crippen molar-refractivity contribution in [3.8, 4) is 0 Å². The molecular weight excluding hydrogens is 299 g/mol. The zero-order valence-electron chi connectivity index (χ0n) is 9.70. The quantitative estimate of drug-likeness (QED) is 0.425. The molecule has 1 aromatic rings. The molecule has 2 rings (SSSR count). The van der Waals surface area contributed by atoms with Crippen molar-refractivity contribution in [1.29, 1.82) is 0 Å². The van der Waals surface area contributed by atoms with Gasteiger partial charge in [0, 0.05) is 18.3 Å². The van der Waals surface area contributed by atoms with E-state index in [-0.39, 0.29) is 24.0 Å². The third-order valence-corrected chi connectivity index (χ3v) is 3.04. The molecule has 0 atom stereocenters. The van der Waals surface area contributed by atoms with E-state index < -0.39 is 0 Å². The van der Waals surface area contributed by atoms with Crippen LogP contribution < -0.4 is 28.9 Å². The fourth-order valence-corrected chi connectivity index (χ4v) is 2.10. The van der Waals surface area contributed by atoms with Crippen LogP contribution in [0.4, 0.5) is 5.69 Å². The first-order valence-corrected chi connectivity index (χ1v) is 5.19. The van der Waals surface area contributed by atoms with Crippen LogP contribution in [0, 0.1) is 0 Å². The molecule has 0 aliphatic carbocycles. The Morgan fingerprint density at radius 1 is 1.20 bits per heavy atom. The van der Waals surface area contributed by atoms with Crippen LogP contribution in [0.15, 0.2) is 24.3 Å². The predicted molar refractivity (Wildman–Crippen MR) is 60.4 cm³/mol. The van der Waals surface area contributed by atoms with Crippen molar-refractivity contribution in [3.63, 3.8) is 0 Å². The summed E-state index contributed by atoms with van der Waals surface area (Å²) in [6.45, 7) is 3.50. The molecule has 1 aromatic carbocycles. The monoisotopic (exact) mass is 318 g/mol. The maximum atomic E-state index is 2.36. The third kappa shape index (κ3) is 2.84. The first-order chi connectivity index (χ1) is 6.58. The predicted octanol–water partition coefficient (Wildman–Crippen LogP) is -1.28. The normalized spacial score (nSPS) is 18.7. The van der Waals surface area contributed by atoms with Crippen LogP contribution in [-0.4, -0.2) is 38.7 Å². The molecule has 1 heterocycles. The second-order valence-electron chi connectivity index (χ2n) is 4.87. The smallest absolute Gasteiger partial charge is 0.106 e. The average molecular weight is 318 g/mol.